The van der Waals surface area contributed by atoms with Gasteiger partial charge in [0.15, 0.2) is 0 Å². The number of anilines is 2. The number of hydrogen-bond donors (Lipinski definition) is 2. The van der Waals surface area contributed by atoms with Crippen LogP contribution in [0.25, 0.3) is 0 Å². The molecule has 0 aliphatic heterocycles. The van der Waals surface area contributed by atoms with Crippen LogP contribution in [0.15, 0.2) is 6.07 Å². The van der Waals surface area contributed by atoms with Crippen molar-refractivity contribution in [3.05, 3.63) is 11.2 Å². The molecule has 4 fully saturated rings. The van der Waals surface area contributed by atoms with Crippen molar-refractivity contribution in [2.75, 3.05) is 11.1 Å². The number of nitrogens with two attached hydrogens (primary N) is 1. The molecule has 0 radical (unpaired) electrons. The lowest BCUT2D eigenvalue weighted by molar-refractivity contribution is -0.0973. The third kappa shape index (κ3) is 2.28. The minimum Gasteiger partial charge on any atom is -0.368 e. The van der Waals surface area contributed by atoms with Crippen LogP contribution in [0.2, 0.25) is 5.15 Å². The van der Waals surface area contributed by atoms with Gasteiger partial charge in [-0.3, -0.25) is 0 Å². The molecule has 0 amide bonds. The summed E-state index contributed by atoms with van der Waals surface area (Å²) in [5.74, 6) is 1.87. The fourth-order valence-electron chi connectivity index (χ4n) is 6.36. The van der Waals surface area contributed by atoms with Crippen LogP contribution in [0.4, 0.5) is 11.8 Å². The summed E-state index contributed by atoms with van der Waals surface area (Å²) in [6.45, 7) is 4.93. The van der Waals surface area contributed by atoms with Gasteiger partial charge < -0.3 is 11.1 Å². The molecule has 5 heteroatoms. The minimum absolute atomic E-state index is 0.160. The Morgan fingerprint density at radius 3 is 2.38 bits per heavy atom. The second-order valence-corrected chi connectivity index (χ2v) is 8.86. The molecule has 1 heterocycles. The zero-order valence-corrected chi connectivity index (χ0v) is 13.5. The van der Waals surface area contributed by atoms with E-state index in [0.29, 0.717) is 16.0 Å². The average Bonchev–Trinajstić information content (AvgIpc) is 2.19. The van der Waals surface area contributed by atoms with E-state index in [2.05, 4.69) is 29.1 Å². The maximum absolute atomic E-state index is 6.02. The summed E-state index contributed by atoms with van der Waals surface area (Å²) in [4.78, 5) is 8.27. The Labute approximate surface area is 130 Å². The van der Waals surface area contributed by atoms with E-state index >= 15 is 0 Å². The van der Waals surface area contributed by atoms with Crippen molar-refractivity contribution in [1.29, 1.82) is 0 Å². The summed E-state index contributed by atoms with van der Waals surface area (Å²) in [6, 6.07) is 1.79. The van der Waals surface area contributed by atoms with Crippen molar-refractivity contribution in [2.45, 2.75) is 57.9 Å². The average molecular weight is 307 g/mol. The van der Waals surface area contributed by atoms with Crippen LogP contribution < -0.4 is 11.1 Å². The minimum atomic E-state index is 0.160. The monoisotopic (exact) mass is 306 g/mol. The predicted octanol–water partition coefficient (Wildman–Crippen LogP) is 3.87. The van der Waals surface area contributed by atoms with Crippen molar-refractivity contribution in [1.82, 2.24) is 9.97 Å². The summed E-state index contributed by atoms with van der Waals surface area (Å²) in [6.07, 6.45) is 7.85. The lowest BCUT2D eigenvalue weighted by Gasteiger charge is -2.65. The Kier molecular flexibility index (Phi) is 2.62. The Hall–Kier alpha value is -1.03. The van der Waals surface area contributed by atoms with Gasteiger partial charge in [0.2, 0.25) is 5.95 Å². The lowest BCUT2D eigenvalue weighted by atomic mass is 9.43. The van der Waals surface area contributed by atoms with Crippen molar-refractivity contribution in [3.63, 3.8) is 0 Å². The van der Waals surface area contributed by atoms with Crippen LogP contribution in [-0.4, -0.2) is 15.5 Å². The Morgan fingerprint density at radius 2 is 1.81 bits per heavy atom. The molecule has 5 rings (SSSR count). The number of nitrogens with zero attached hydrogens (tertiary/aromatic N) is 2. The summed E-state index contributed by atoms with van der Waals surface area (Å²) < 4.78 is 0. The smallest absolute Gasteiger partial charge is 0.223 e. The molecule has 0 spiro atoms. The van der Waals surface area contributed by atoms with E-state index in [1.807, 2.05) is 0 Å². The molecule has 4 nitrogen and oxygen atoms in total. The highest BCUT2D eigenvalue weighted by atomic mass is 35.5. The topological polar surface area (TPSA) is 63.8 Å². The molecule has 4 bridgehead atoms. The molecule has 2 atom stereocenters. The quantitative estimate of drug-likeness (QED) is 0.814. The van der Waals surface area contributed by atoms with Gasteiger partial charge in [-0.2, -0.15) is 4.98 Å². The standard InChI is InChI=1S/C16H23ClN4/c1-14-4-10-5-15(2,7-14)9-16(6-10,8-14)21-12-3-11(17)19-13(18)20-12/h3,10H,4-9H2,1-2H3,(H3,18,19,20,21). The molecule has 4 saturated carbocycles. The molecule has 1 aromatic rings. The third-order valence-electron chi connectivity index (χ3n) is 5.73. The first-order chi connectivity index (χ1) is 9.77. The van der Waals surface area contributed by atoms with Gasteiger partial charge in [0.25, 0.3) is 0 Å². The summed E-state index contributed by atoms with van der Waals surface area (Å²) in [5, 5.41) is 4.11. The van der Waals surface area contributed by atoms with E-state index < -0.39 is 0 Å². The number of halogens is 1. The van der Waals surface area contributed by atoms with Crippen molar-refractivity contribution >= 4 is 23.4 Å². The highest BCUT2D eigenvalue weighted by molar-refractivity contribution is 6.29. The van der Waals surface area contributed by atoms with Gasteiger partial charge in [0.1, 0.15) is 11.0 Å². The van der Waals surface area contributed by atoms with Gasteiger partial charge in [0.05, 0.1) is 0 Å². The van der Waals surface area contributed by atoms with Crippen LogP contribution in [0.1, 0.15) is 52.4 Å². The maximum atomic E-state index is 6.02. The fourth-order valence-corrected chi connectivity index (χ4v) is 6.55. The molecule has 4 aliphatic rings. The molecule has 3 N–H and O–H groups in total. The first-order valence-corrected chi connectivity index (χ1v) is 8.23. The molecule has 0 aromatic carbocycles. The highest BCUT2D eigenvalue weighted by Gasteiger charge is 2.60. The van der Waals surface area contributed by atoms with E-state index in [-0.39, 0.29) is 11.5 Å². The maximum Gasteiger partial charge on any atom is 0.223 e. The van der Waals surface area contributed by atoms with E-state index in [9.17, 15) is 0 Å². The number of rotatable bonds is 2. The molecule has 4 aliphatic carbocycles. The number of hydrogen-bond acceptors (Lipinski definition) is 4. The van der Waals surface area contributed by atoms with Gasteiger partial charge >= 0.3 is 0 Å². The summed E-state index contributed by atoms with van der Waals surface area (Å²) in [7, 11) is 0. The zero-order valence-electron chi connectivity index (χ0n) is 12.7. The second kappa shape index (κ2) is 4.03. The summed E-state index contributed by atoms with van der Waals surface area (Å²) in [5.41, 5.74) is 6.84. The van der Waals surface area contributed by atoms with Gasteiger partial charge in [-0.15, -0.1) is 0 Å². The van der Waals surface area contributed by atoms with E-state index in [4.69, 9.17) is 17.3 Å². The molecule has 2 unspecified atom stereocenters. The molecular weight excluding hydrogens is 284 g/mol. The number of nitrogens with one attached hydrogen (secondary N) is 1. The van der Waals surface area contributed by atoms with Crippen molar-refractivity contribution in [3.8, 4) is 0 Å². The second-order valence-electron chi connectivity index (χ2n) is 8.47. The Bertz CT molecular complexity index is 564. The van der Waals surface area contributed by atoms with Gasteiger partial charge in [0, 0.05) is 11.6 Å². The Balaban J connectivity index is 1.68. The highest BCUT2D eigenvalue weighted by Crippen LogP contribution is 2.66. The number of aromatic nitrogens is 2. The normalized spacial score (nSPS) is 44.0. The van der Waals surface area contributed by atoms with Crippen LogP contribution in [0.5, 0.6) is 0 Å². The fraction of sp³-hybridized carbons (Fsp3) is 0.750. The number of nitrogen functional groups attached to an aromatic ring is 1. The van der Waals surface area contributed by atoms with Crippen LogP contribution in [0.3, 0.4) is 0 Å². The van der Waals surface area contributed by atoms with Crippen LogP contribution in [0, 0.1) is 16.7 Å². The zero-order chi connectivity index (χ0) is 14.9. The predicted molar refractivity (Wildman–Crippen MR) is 85.2 cm³/mol. The Morgan fingerprint density at radius 1 is 1.14 bits per heavy atom. The molecule has 1 aromatic heterocycles. The molecule has 21 heavy (non-hydrogen) atoms. The van der Waals surface area contributed by atoms with Crippen molar-refractivity contribution < 1.29 is 0 Å². The summed E-state index contributed by atoms with van der Waals surface area (Å²) >= 11 is 6.02. The van der Waals surface area contributed by atoms with Gasteiger partial charge in [-0.1, -0.05) is 25.4 Å². The van der Waals surface area contributed by atoms with Crippen LogP contribution in [-0.2, 0) is 0 Å². The van der Waals surface area contributed by atoms with E-state index in [1.54, 1.807) is 6.07 Å². The van der Waals surface area contributed by atoms with Gasteiger partial charge in [-0.05, 0) is 55.3 Å². The molecule has 0 saturated heterocycles. The SMILES string of the molecule is CC12CC3CC(C)(C1)CC(Nc1cc(Cl)nc(N)n1)(C3)C2. The van der Waals surface area contributed by atoms with Gasteiger partial charge in [-0.25, -0.2) is 4.98 Å². The molecular formula is C16H23ClN4. The lowest BCUT2D eigenvalue weighted by Crippen LogP contribution is -2.61. The third-order valence-corrected chi connectivity index (χ3v) is 5.93. The van der Waals surface area contributed by atoms with E-state index in [0.717, 1.165) is 11.7 Å². The molecule has 114 valence electrons. The first kappa shape index (κ1) is 13.6. The largest absolute Gasteiger partial charge is 0.368 e. The van der Waals surface area contributed by atoms with E-state index in [1.165, 1.54) is 38.5 Å². The van der Waals surface area contributed by atoms with Crippen LogP contribution >= 0.6 is 11.6 Å². The first-order valence-electron chi connectivity index (χ1n) is 7.86. The van der Waals surface area contributed by atoms with Crippen molar-refractivity contribution in [2.24, 2.45) is 16.7 Å².